The minimum Gasteiger partial charge on any atom is -0.504 e. The number of benzene rings is 1. The second kappa shape index (κ2) is 7.72. The smallest absolute Gasteiger partial charge is 0.330 e. The molecule has 12 heteroatoms. The lowest BCUT2D eigenvalue weighted by atomic mass is 10.1. The van der Waals surface area contributed by atoms with Crippen LogP contribution in [0.3, 0.4) is 0 Å². The van der Waals surface area contributed by atoms with Gasteiger partial charge in [-0.05, 0) is 12.1 Å². The number of ether oxygens (including phenoxy) is 1. The SMILES string of the molecule is O=c1ccn([C@@H]2O[C@H](CO/N=C\c3ccc(O)c(O)c3O)[C@@H](O)[C@H]2O)c(=O)[nH]1. The van der Waals surface area contributed by atoms with Crippen molar-refractivity contribution in [1.82, 2.24) is 9.55 Å². The summed E-state index contributed by atoms with van der Waals surface area (Å²) in [5, 5.41) is 52.1. The molecule has 0 bridgehead atoms. The molecule has 1 aliphatic rings. The number of nitrogens with zero attached hydrogens (tertiary/aromatic N) is 2. The van der Waals surface area contributed by atoms with Crippen molar-refractivity contribution in [3.8, 4) is 17.2 Å². The van der Waals surface area contributed by atoms with E-state index in [0.29, 0.717) is 0 Å². The molecule has 2 aromatic rings. The maximum atomic E-state index is 11.8. The zero-order valence-electron chi connectivity index (χ0n) is 14.2. The zero-order chi connectivity index (χ0) is 20.4. The van der Waals surface area contributed by atoms with E-state index in [1.54, 1.807) is 0 Å². The van der Waals surface area contributed by atoms with E-state index in [1.165, 1.54) is 6.07 Å². The molecule has 0 saturated carbocycles. The monoisotopic (exact) mass is 395 g/mol. The molecule has 2 heterocycles. The van der Waals surface area contributed by atoms with E-state index in [4.69, 9.17) is 9.57 Å². The summed E-state index contributed by atoms with van der Waals surface area (Å²) in [6.07, 6.45) is -2.96. The summed E-state index contributed by atoms with van der Waals surface area (Å²) in [6.45, 7) is -0.311. The molecule has 0 amide bonds. The summed E-state index contributed by atoms with van der Waals surface area (Å²) in [4.78, 5) is 29.9. The van der Waals surface area contributed by atoms with Crippen LogP contribution >= 0.6 is 0 Å². The van der Waals surface area contributed by atoms with Gasteiger partial charge in [-0.3, -0.25) is 14.3 Å². The fraction of sp³-hybridized carbons (Fsp3) is 0.312. The number of hydrogen-bond acceptors (Lipinski definition) is 10. The van der Waals surface area contributed by atoms with Crippen LogP contribution in [0.4, 0.5) is 0 Å². The number of H-pyrrole nitrogens is 1. The van der Waals surface area contributed by atoms with E-state index < -0.39 is 53.0 Å². The van der Waals surface area contributed by atoms with Crippen LogP contribution < -0.4 is 11.2 Å². The average molecular weight is 395 g/mol. The van der Waals surface area contributed by atoms with Crippen molar-refractivity contribution >= 4 is 6.21 Å². The van der Waals surface area contributed by atoms with Crippen molar-refractivity contribution in [1.29, 1.82) is 0 Å². The summed E-state index contributed by atoms with van der Waals surface area (Å²) in [5.41, 5.74) is -1.38. The van der Waals surface area contributed by atoms with Gasteiger partial charge in [0.1, 0.15) is 24.9 Å². The molecule has 1 aromatic carbocycles. The van der Waals surface area contributed by atoms with E-state index in [2.05, 4.69) is 5.16 Å². The van der Waals surface area contributed by atoms with Crippen LogP contribution in [-0.2, 0) is 9.57 Å². The maximum absolute atomic E-state index is 11.8. The fourth-order valence-electron chi connectivity index (χ4n) is 2.62. The zero-order valence-corrected chi connectivity index (χ0v) is 14.2. The lowest BCUT2D eigenvalue weighted by Crippen LogP contribution is -2.37. The Labute approximate surface area is 156 Å². The molecule has 150 valence electrons. The molecule has 0 aliphatic carbocycles. The highest BCUT2D eigenvalue weighted by atomic mass is 16.6. The Morgan fingerprint density at radius 1 is 1.14 bits per heavy atom. The fourth-order valence-corrected chi connectivity index (χ4v) is 2.62. The van der Waals surface area contributed by atoms with Gasteiger partial charge in [0.15, 0.2) is 17.7 Å². The summed E-state index contributed by atoms with van der Waals surface area (Å²) in [6, 6.07) is 3.49. The minimum absolute atomic E-state index is 0.0564. The number of oxime groups is 1. The molecule has 3 rings (SSSR count). The molecular formula is C16H17N3O9. The Morgan fingerprint density at radius 3 is 2.61 bits per heavy atom. The molecule has 1 aromatic heterocycles. The Balaban J connectivity index is 1.65. The predicted octanol–water partition coefficient (Wildman–Crippen LogP) is -1.68. The van der Waals surface area contributed by atoms with Crippen LogP contribution in [-0.4, -0.2) is 66.2 Å². The lowest BCUT2D eigenvalue weighted by molar-refractivity contribution is -0.0677. The molecule has 6 N–H and O–H groups in total. The van der Waals surface area contributed by atoms with Crippen LogP contribution in [0.2, 0.25) is 0 Å². The number of phenols is 3. The van der Waals surface area contributed by atoms with Gasteiger partial charge in [0.05, 0.1) is 6.21 Å². The topological polar surface area (TPSA) is 187 Å². The second-order valence-electron chi connectivity index (χ2n) is 5.97. The summed E-state index contributed by atoms with van der Waals surface area (Å²) in [5.74, 6) is -1.82. The Hall–Kier alpha value is -3.35. The highest BCUT2D eigenvalue weighted by Gasteiger charge is 2.44. The molecule has 28 heavy (non-hydrogen) atoms. The van der Waals surface area contributed by atoms with Crippen molar-refractivity contribution in [3.05, 3.63) is 50.8 Å². The second-order valence-corrected chi connectivity index (χ2v) is 5.97. The number of aliphatic hydroxyl groups excluding tert-OH is 2. The lowest BCUT2D eigenvalue weighted by Gasteiger charge is -2.16. The third-order valence-corrected chi connectivity index (χ3v) is 4.13. The molecule has 1 saturated heterocycles. The van der Waals surface area contributed by atoms with Gasteiger partial charge < -0.3 is 35.1 Å². The quantitative estimate of drug-likeness (QED) is 0.195. The van der Waals surface area contributed by atoms with Gasteiger partial charge in [0.2, 0.25) is 5.75 Å². The maximum Gasteiger partial charge on any atom is 0.330 e. The first-order chi connectivity index (χ1) is 13.3. The summed E-state index contributed by atoms with van der Waals surface area (Å²) >= 11 is 0. The average Bonchev–Trinajstić information content (AvgIpc) is 2.93. The molecular weight excluding hydrogens is 378 g/mol. The van der Waals surface area contributed by atoms with Gasteiger partial charge in [-0.1, -0.05) is 5.16 Å². The first kappa shape index (κ1) is 19.4. The first-order valence-electron chi connectivity index (χ1n) is 8.02. The largest absolute Gasteiger partial charge is 0.504 e. The van der Waals surface area contributed by atoms with Crippen LogP contribution in [0.25, 0.3) is 0 Å². The van der Waals surface area contributed by atoms with Crippen molar-refractivity contribution in [3.63, 3.8) is 0 Å². The number of aromatic amines is 1. The molecule has 0 spiro atoms. The van der Waals surface area contributed by atoms with E-state index >= 15 is 0 Å². The van der Waals surface area contributed by atoms with Crippen LogP contribution in [0.1, 0.15) is 11.8 Å². The molecule has 12 nitrogen and oxygen atoms in total. The first-order valence-corrected chi connectivity index (χ1v) is 8.02. The van der Waals surface area contributed by atoms with E-state index in [-0.39, 0.29) is 12.2 Å². The van der Waals surface area contributed by atoms with Crippen molar-refractivity contribution in [2.45, 2.75) is 24.5 Å². The number of phenolic OH excluding ortho intramolecular Hbond substituents is 3. The third-order valence-electron chi connectivity index (χ3n) is 4.13. The Kier molecular flexibility index (Phi) is 5.35. The number of nitrogens with one attached hydrogen (secondary N) is 1. The highest BCUT2D eigenvalue weighted by Crippen LogP contribution is 2.36. The minimum atomic E-state index is -1.46. The predicted molar refractivity (Wildman–Crippen MR) is 92.2 cm³/mol. The number of aromatic hydroxyl groups is 3. The molecule has 1 fully saturated rings. The number of hydrogen-bond donors (Lipinski definition) is 6. The Morgan fingerprint density at radius 2 is 1.89 bits per heavy atom. The summed E-state index contributed by atoms with van der Waals surface area (Å²) < 4.78 is 6.35. The van der Waals surface area contributed by atoms with Gasteiger partial charge in [0.25, 0.3) is 5.56 Å². The molecule has 4 atom stereocenters. The molecule has 1 aliphatic heterocycles. The molecule has 0 unspecified atom stereocenters. The van der Waals surface area contributed by atoms with Gasteiger partial charge in [0, 0.05) is 17.8 Å². The molecule has 0 radical (unpaired) electrons. The van der Waals surface area contributed by atoms with E-state index in [9.17, 15) is 35.1 Å². The Bertz CT molecular complexity index is 1000. The number of aliphatic hydroxyl groups is 2. The van der Waals surface area contributed by atoms with Crippen LogP contribution in [0.15, 0.2) is 39.1 Å². The third kappa shape index (κ3) is 3.69. The van der Waals surface area contributed by atoms with Crippen molar-refractivity contribution in [2.24, 2.45) is 5.16 Å². The van der Waals surface area contributed by atoms with E-state index in [1.807, 2.05) is 4.98 Å². The number of aromatic nitrogens is 2. The van der Waals surface area contributed by atoms with Crippen molar-refractivity contribution in [2.75, 3.05) is 6.61 Å². The van der Waals surface area contributed by atoms with Crippen molar-refractivity contribution < 1.29 is 35.1 Å². The van der Waals surface area contributed by atoms with Crippen LogP contribution in [0.5, 0.6) is 17.2 Å². The van der Waals surface area contributed by atoms with Crippen LogP contribution in [0, 0.1) is 0 Å². The summed E-state index contributed by atoms with van der Waals surface area (Å²) in [7, 11) is 0. The normalized spacial score (nSPS) is 24.6. The van der Waals surface area contributed by atoms with Gasteiger partial charge >= 0.3 is 5.69 Å². The highest BCUT2D eigenvalue weighted by molar-refractivity contribution is 5.85. The van der Waals surface area contributed by atoms with E-state index in [0.717, 1.165) is 29.1 Å². The number of rotatable bonds is 5. The standard InChI is InChI=1S/C16H17N3O9/c20-8-2-1-7(11(22)12(8)23)5-17-27-6-9-13(24)14(25)15(28-9)19-4-3-10(21)18-16(19)26/h1-5,9,13-15,20,22-25H,6H2,(H,18,21,26)/b17-5-/t9-,13-,14-,15-/m1/s1. The van der Waals surface area contributed by atoms with Gasteiger partial charge in [-0.2, -0.15) is 0 Å². The van der Waals surface area contributed by atoms with Gasteiger partial charge in [-0.25, -0.2) is 4.79 Å². The van der Waals surface area contributed by atoms with Gasteiger partial charge in [-0.15, -0.1) is 0 Å².